The van der Waals surface area contributed by atoms with Crippen LogP contribution < -0.4 is 0 Å². The van der Waals surface area contributed by atoms with Crippen LogP contribution in [-0.4, -0.2) is 40.0 Å². The molecular formula is C22H23N3O2. The van der Waals surface area contributed by atoms with Gasteiger partial charge >= 0.3 is 0 Å². The van der Waals surface area contributed by atoms with E-state index in [0.29, 0.717) is 6.54 Å². The van der Waals surface area contributed by atoms with E-state index in [1.54, 1.807) is 19.3 Å². The van der Waals surface area contributed by atoms with Crippen LogP contribution in [-0.2, 0) is 16.1 Å². The van der Waals surface area contributed by atoms with Crippen LogP contribution in [0.4, 0.5) is 0 Å². The van der Waals surface area contributed by atoms with Crippen LogP contribution in [0.5, 0.6) is 0 Å². The van der Waals surface area contributed by atoms with Crippen molar-refractivity contribution in [3.05, 3.63) is 60.4 Å². The molecule has 27 heavy (non-hydrogen) atoms. The number of rotatable bonds is 4. The summed E-state index contributed by atoms with van der Waals surface area (Å²) in [4.78, 5) is 22.9. The van der Waals surface area contributed by atoms with Gasteiger partial charge in [-0.05, 0) is 47.7 Å². The summed E-state index contributed by atoms with van der Waals surface area (Å²) in [5.41, 5.74) is 5.13. The Labute approximate surface area is 159 Å². The smallest absolute Gasteiger partial charge is 0.219 e. The van der Waals surface area contributed by atoms with Crippen molar-refractivity contribution in [3.8, 4) is 11.1 Å². The zero-order valence-corrected chi connectivity index (χ0v) is 15.5. The molecule has 4 rings (SSSR count). The van der Waals surface area contributed by atoms with Gasteiger partial charge in [-0.3, -0.25) is 14.8 Å². The molecular weight excluding hydrogens is 338 g/mol. The van der Waals surface area contributed by atoms with Crippen molar-refractivity contribution in [2.75, 3.05) is 13.2 Å². The Bertz CT molecular complexity index is 951. The lowest BCUT2D eigenvalue weighted by Gasteiger charge is -2.33. The van der Waals surface area contributed by atoms with Gasteiger partial charge < -0.3 is 9.64 Å². The van der Waals surface area contributed by atoms with Crippen molar-refractivity contribution in [2.45, 2.75) is 32.4 Å². The number of nitrogens with zero attached hydrogens (tertiary/aromatic N) is 3. The molecule has 3 aromatic rings. The molecule has 1 amide bonds. The molecule has 5 heteroatoms. The molecule has 1 fully saturated rings. The average molecular weight is 361 g/mol. The number of hydrogen-bond donors (Lipinski definition) is 0. The first-order valence-electron chi connectivity index (χ1n) is 9.36. The molecule has 0 aliphatic carbocycles. The fraction of sp³-hybridized carbons (Fsp3) is 0.318. The Balaban J connectivity index is 1.59. The van der Waals surface area contributed by atoms with Crippen molar-refractivity contribution in [1.82, 2.24) is 14.9 Å². The van der Waals surface area contributed by atoms with Gasteiger partial charge in [0.1, 0.15) is 0 Å². The van der Waals surface area contributed by atoms with Crippen molar-refractivity contribution in [1.29, 1.82) is 0 Å². The van der Waals surface area contributed by atoms with Crippen molar-refractivity contribution < 1.29 is 9.53 Å². The predicted molar refractivity (Wildman–Crippen MR) is 105 cm³/mol. The highest BCUT2D eigenvalue weighted by atomic mass is 16.5. The molecule has 2 aromatic carbocycles. The molecule has 0 bridgehead atoms. The fourth-order valence-electron chi connectivity index (χ4n) is 3.68. The molecule has 138 valence electrons. The molecule has 1 aromatic heterocycles. The number of amides is 1. The molecule has 0 atom stereocenters. The Morgan fingerprint density at radius 1 is 1.04 bits per heavy atom. The number of ether oxygens (including phenoxy) is 1. The van der Waals surface area contributed by atoms with E-state index in [1.807, 2.05) is 17.0 Å². The number of hydrogen-bond acceptors (Lipinski definition) is 4. The standard InChI is InChI=1S/C22H23N3O2/c1-16(26)25(20-7-11-27-12-8-20)15-17-3-2-4-18(13-17)19-5-6-21-22(14-19)24-10-9-23-21/h2-6,9-10,13-14,20H,7-8,11-12,15H2,1H3. The zero-order valence-electron chi connectivity index (χ0n) is 15.5. The quantitative estimate of drug-likeness (QED) is 0.709. The summed E-state index contributed by atoms with van der Waals surface area (Å²) in [5, 5.41) is 0. The van der Waals surface area contributed by atoms with Crippen LogP contribution in [0, 0.1) is 0 Å². The molecule has 0 unspecified atom stereocenters. The van der Waals surface area contributed by atoms with Gasteiger partial charge in [0.25, 0.3) is 0 Å². The van der Waals surface area contributed by atoms with Gasteiger partial charge in [-0.25, -0.2) is 0 Å². The summed E-state index contributed by atoms with van der Waals surface area (Å²) >= 11 is 0. The van der Waals surface area contributed by atoms with Gasteiger partial charge in [-0.1, -0.05) is 24.3 Å². The average Bonchev–Trinajstić information content (AvgIpc) is 2.72. The maximum Gasteiger partial charge on any atom is 0.219 e. The van der Waals surface area contributed by atoms with Crippen LogP contribution in [0.25, 0.3) is 22.2 Å². The summed E-state index contributed by atoms with van der Waals surface area (Å²) in [6, 6.07) is 14.8. The minimum absolute atomic E-state index is 0.119. The predicted octanol–water partition coefficient (Wildman–Crippen LogP) is 3.82. The Kier molecular flexibility index (Phi) is 5.12. The number of benzene rings is 2. The minimum Gasteiger partial charge on any atom is -0.381 e. The molecule has 0 saturated carbocycles. The second-order valence-corrected chi connectivity index (χ2v) is 6.95. The molecule has 2 heterocycles. The Morgan fingerprint density at radius 3 is 2.56 bits per heavy atom. The van der Waals surface area contributed by atoms with Crippen molar-refractivity contribution in [2.24, 2.45) is 0 Å². The highest BCUT2D eigenvalue weighted by molar-refractivity contribution is 5.81. The second kappa shape index (κ2) is 7.84. The molecule has 5 nitrogen and oxygen atoms in total. The Morgan fingerprint density at radius 2 is 1.78 bits per heavy atom. The molecule has 1 aliphatic heterocycles. The SMILES string of the molecule is CC(=O)N(Cc1cccc(-c2ccc3nccnc3c2)c1)C1CCOCC1. The second-order valence-electron chi connectivity index (χ2n) is 6.95. The van der Waals surface area contributed by atoms with Crippen LogP contribution in [0.1, 0.15) is 25.3 Å². The van der Waals surface area contributed by atoms with Gasteiger partial charge in [-0.15, -0.1) is 0 Å². The van der Waals surface area contributed by atoms with Crippen molar-refractivity contribution in [3.63, 3.8) is 0 Å². The van der Waals surface area contributed by atoms with Crippen LogP contribution in [0.3, 0.4) is 0 Å². The molecule has 0 spiro atoms. The van der Waals surface area contributed by atoms with Crippen LogP contribution >= 0.6 is 0 Å². The van der Waals surface area contributed by atoms with E-state index in [1.165, 1.54) is 0 Å². The maximum absolute atomic E-state index is 12.2. The van der Waals surface area contributed by atoms with Gasteiger partial charge in [0, 0.05) is 45.1 Å². The molecule has 1 saturated heterocycles. The van der Waals surface area contributed by atoms with E-state index < -0.39 is 0 Å². The van der Waals surface area contributed by atoms with E-state index in [4.69, 9.17) is 4.74 Å². The third-order valence-electron chi connectivity index (χ3n) is 5.12. The number of carbonyl (C=O) groups excluding carboxylic acids is 1. The third kappa shape index (κ3) is 3.98. The first-order valence-corrected chi connectivity index (χ1v) is 9.36. The van der Waals surface area contributed by atoms with Crippen molar-refractivity contribution >= 4 is 16.9 Å². The topological polar surface area (TPSA) is 55.3 Å². The highest BCUT2D eigenvalue weighted by Crippen LogP contribution is 2.25. The lowest BCUT2D eigenvalue weighted by atomic mass is 10.0. The van der Waals surface area contributed by atoms with Gasteiger partial charge in [0.2, 0.25) is 5.91 Å². The first kappa shape index (κ1) is 17.6. The largest absolute Gasteiger partial charge is 0.381 e. The normalized spacial score (nSPS) is 15.0. The first-order chi connectivity index (χ1) is 13.2. The highest BCUT2D eigenvalue weighted by Gasteiger charge is 2.23. The summed E-state index contributed by atoms with van der Waals surface area (Å²) in [7, 11) is 0. The molecule has 0 radical (unpaired) electrons. The lowest BCUT2D eigenvalue weighted by Crippen LogP contribution is -2.41. The van der Waals surface area contributed by atoms with E-state index in [2.05, 4.69) is 40.3 Å². The van der Waals surface area contributed by atoms with Gasteiger partial charge in [0.05, 0.1) is 11.0 Å². The van der Waals surface area contributed by atoms with E-state index in [-0.39, 0.29) is 11.9 Å². The van der Waals surface area contributed by atoms with Gasteiger partial charge in [-0.2, -0.15) is 0 Å². The minimum atomic E-state index is 0.119. The molecule has 1 aliphatic rings. The van der Waals surface area contributed by atoms with Crippen LogP contribution in [0.2, 0.25) is 0 Å². The van der Waals surface area contributed by atoms with E-state index >= 15 is 0 Å². The number of fused-ring (bicyclic) bond motifs is 1. The molecule has 0 N–H and O–H groups in total. The Hall–Kier alpha value is -2.79. The van der Waals surface area contributed by atoms with Crippen LogP contribution in [0.15, 0.2) is 54.9 Å². The van der Waals surface area contributed by atoms with E-state index in [0.717, 1.165) is 53.8 Å². The van der Waals surface area contributed by atoms with Gasteiger partial charge in [0.15, 0.2) is 0 Å². The monoisotopic (exact) mass is 361 g/mol. The summed E-state index contributed by atoms with van der Waals surface area (Å²) in [5.74, 6) is 0.119. The summed E-state index contributed by atoms with van der Waals surface area (Å²) < 4.78 is 5.44. The summed E-state index contributed by atoms with van der Waals surface area (Å²) in [6.45, 7) is 3.74. The maximum atomic E-state index is 12.2. The zero-order chi connectivity index (χ0) is 18.6. The summed E-state index contributed by atoms with van der Waals surface area (Å²) in [6.07, 6.45) is 5.22. The van der Waals surface area contributed by atoms with E-state index in [9.17, 15) is 4.79 Å². The third-order valence-corrected chi connectivity index (χ3v) is 5.12. The number of carbonyl (C=O) groups is 1. The fourth-order valence-corrected chi connectivity index (χ4v) is 3.68. The lowest BCUT2D eigenvalue weighted by molar-refractivity contribution is -0.133. The number of aromatic nitrogens is 2.